The highest BCUT2D eigenvalue weighted by Gasteiger charge is 2.16. The van der Waals surface area contributed by atoms with E-state index in [1.165, 1.54) is 0 Å². The summed E-state index contributed by atoms with van der Waals surface area (Å²) in [7, 11) is 0. The van der Waals surface area contributed by atoms with Crippen molar-refractivity contribution in [2.24, 2.45) is 5.92 Å². The van der Waals surface area contributed by atoms with Gasteiger partial charge in [-0.05, 0) is 23.5 Å². The minimum atomic E-state index is -0.138. The van der Waals surface area contributed by atoms with Gasteiger partial charge in [0.15, 0.2) is 0 Å². The molecule has 0 bridgehead atoms. The summed E-state index contributed by atoms with van der Waals surface area (Å²) in [5, 5.41) is 6.01. The minimum absolute atomic E-state index is 0.127. The van der Waals surface area contributed by atoms with Crippen molar-refractivity contribution in [2.45, 2.75) is 26.3 Å². The second-order valence-corrected chi connectivity index (χ2v) is 5.84. The number of nitrogens with one attached hydrogen (secondary N) is 2. The number of carbonyl (C=O) groups excluding carboxylic acids is 1. The molecule has 0 fully saturated rings. The lowest BCUT2D eigenvalue weighted by Crippen LogP contribution is -2.39. The van der Waals surface area contributed by atoms with E-state index < -0.39 is 0 Å². The summed E-state index contributed by atoms with van der Waals surface area (Å²) >= 11 is 0. The standard InChI is InChI=1S/C19H24N2O/c1-15(2)13-14-20-19(22)21-18(16-9-5-3-6-10-16)17-11-7-4-8-12-17/h3-12,15,18H,13-14H2,1-2H3,(H2,20,21,22). The Morgan fingerprint density at radius 2 is 1.41 bits per heavy atom. The third kappa shape index (κ3) is 4.92. The molecule has 2 amide bonds. The third-order valence-electron chi connectivity index (χ3n) is 3.55. The first kappa shape index (κ1) is 16.1. The largest absolute Gasteiger partial charge is 0.338 e. The van der Waals surface area contributed by atoms with Crippen molar-refractivity contribution in [1.82, 2.24) is 10.6 Å². The molecular formula is C19H24N2O. The topological polar surface area (TPSA) is 41.1 Å². The second-order valence-electron chi connectivity index (χ2n) is 5.84. The molecule has 0 saturated carbocycles. The van der Waals surface area contributed by atoms with Crippen LogP contribution in [-0.4, -0.2) is 12.6 Å². The van der Waals surface area contributed by atoms with Crippen LogP contribution < -0.4 is 10.6 Å². The molecule has 0 unspecified atom stereocenters. The lowest BCUT2D eigenvalue weighted by Gasteiger charge is -2.20. The Labute approximate surface area is 132 Å². The summed E-state index contributed by atoms with van der Waals surface area (Å²) < 4.78 is 0. The molecule has 0 saturated heterocycles. The van der Waals surface area contributed by atoms with Crippen molar-refractivity contribution in [3.8, 4) is 0 Å². The average molecular weight is 296 g/mol. The molecule has 3 heteroatoms. The van der Waals surface area contributed by atoms with Gasteiger partial charge in [-0.15, -0.1) is 0 Å². The monoisotopic (exact) mass is 296 g/mol. The first-order chi connectivity index (χ1) is 10.7. The second kappa shape index (κ2) is 8.23. The summed E-state index contributed by atoms with van der Waals surface area (Å²) in [6.07, 6.45) is 0.981. The van der Waals surface area contributed by atoms with Crippen LogP contribution >= 0.6 is 0 Å². The van der Waals surface area contributed by atoms with E-state index in [0.717, 1.165) is 17.5 Å². The summed E-state index contributed by atoms with van der Waals surface area (Å²) in [6.45, 7) is 4.99. The Bertz CT molecular complexity index is 527. The molecule has 0 aliphatic rings. The van der Waals surface area contributed by atoms with Gasteiger partial charge in [-0.2, -0.15) is 0 Å². The molecule has 22 heavy (non-hydrogen) atoms. The fourth-order valence-electron chi connectivity index (χ4n) is 2.31. The SMILES string of the molecule is CC(C)CCNC(=O)NC(c1ccccc1)c1ccccc1. The van der Waals surface area contributed by atoms with Crippen LogP contribution in [0.4, 0.5) is 4.79 Å². The fourth-order valence-corrected chi connectivity index (χ4v) is 2.31. The van der Waals surface area contributed by atoms with Crippen LogP contribution in [0.2, 0.25) is 0 Å². The van der Waals surface area contributed by atoms with Gasteiger partial charge in [-0.1, -0.05) is 74.5 Å². The van der Waals surface area contributed by atoms with E-state index in [9.17, 15) is 4.79 Å². The van der Waals surface area contributed by atoms with Crippen molar-refractivity contribution in [2.75, 3.05) is 6.54 Å². The van der Waals surface area contributed by atoms with Crippen molar-refractivity contribution in [1.29, 1.82) is 0 Å². The van der Waals surface area contributed by atoms with Crippen LogP contribution in [0.1, 0.15) is 37.4 Å². The molecule has 0 radical (unpaired) electrons. The number of hydrogen-bond acceptors (Lipinski definition) is 1. The zero-order valence-corrected chi connectivity index (χ0v) is 13.3. The van der Waals surface area contributed by atoms with E-state index >= 15 is 0 Å². The zero-order valence-electron chi connectivity index (χ0n) is 13.3. The van der Waals surface area contributed by atoms with Crippen LogP contribution in [0.25, 0.3) is 0 Å². The Morgan fingerprint density at radius 3 is 1.86 bits per heavy atom. The maximum atomic E-state index is 12.2. The summed E-state index contributed by atoms with van der Waals surface area (Å²) in [5.74, 6) is 0.583. The van der Waals surface area contributed by atoms with Crippen molar-refractivity contribution < 1.29 is 4.79 Å². The number of urea groups is 1. The van der Waals surface area contributed by atoms with Crippen LogP contribution in [0.5, 0.6) is 0 Å². The van der Waals surface area contributed by atoms with E-state index in [1.54, 1.807) is 0 Å². The predicted molar refractivity (Wildman–Crippen MR) is 90.7 cm³/mol. The molecule has 0 atom stereocenters. The highest BCUT2D eigenvalue weighted by Crippen LogP contribution is 2.21. The Morgan fingerprint density at radius 1 is 0.909 bits per heavy atom. The van der Waals surface area contributed by atoms with E-state index in [-0.39, 0.29) is 12.1 Å². The molecule has 2 rings (SSSR count). The van der Waals surface area contributed by atoms with Gasteiger partial charge in [0.1, 0.15) is 0 Å². The maximum Gasteiger partial charge on any atom is 0.315 e. The normalized spacial score (nSPS) is 10.7. The maximum absolute atomic E-state index is 12.2. The smallest absolute Gasteiger partial charge is 0.315 e. The Hall–Kier alpha value is -2.29. The number of hydrogen-bond donors (Lipinski definition) is 2. The average Bonchev–Trinajstić information content (AvgIpc) is 2.54. The quantitative estimate of drug-likeness (QED) is 0.827. The number of carbonyl (C=O) groups is 1. The predicted octanol–water partition coefficient (Wildman–Crippen LogP) is 4.12. The third-order valence-corrected chi connectivity index (χ3v) is 3.55. The van der Waals surface area contributed by atoms with Crippen LogP contribution in [-0.2, 0) is 0 Å². The molecule has 2 aromatic rings. The van der Waals surface area contributed by atoms with Crippen LogP contribution in [0.3, 0.4) is 0 Å². The van der Waals surface area contributed by atoms with Gasteiger partial charge in [-0.25, -0.2) is 4.79 Å². The molecule has 116 valence electrons. The summed E-state index contributed by atoms with van der Waals surface area (Å²) in [6, 6.07) is 19.8. The number of rotatable bonds is 6. The van der Waals surface area contributed by atoms with Gasteiger partial charge in [0, 0.05) is 6.54 Å². The van der Waals surface area contributed by atoms with Gasteiger partial charge in [0.2, 0.25) is 0 Å². The van der Waals surface area contributed by atoms with Gasteiger partial charge in [0.25, 0.3) is 0 Å². The van der Waals surface area contributed by atoms with Gasteiger partial charge >= 0.3 is 6.03 Å². The first-order valence-electron chi connectivity index (χ1n) is 7.81. The van der Waals surface area contributed by atoms with Crippen LogP contribution in [0.15, 0.2) is 60.7 Å². The van der Waals surface area contributed by atoms with Gasteiger partial charge in [0.05, 0.1) is 6.04 Å². The van der Waals surface area contributed by atoms with Gasteiger partial charge in [-0.3, -0.25) is 0 Å². The van der Waals surface area contributed by atoms with Crippen LogP contribution in [0, 0.1) is 5.92 Å². The molecular weight excluding hydrogens is 272 g/mol. The lowest BCUT2D eigenvalue weighted by atomic mass is 9.99. The molecule has 0 aliphatic heterocycles. The molecule has 2 N–H and O–H groups in total. The first-order valence-corrected chi connectivity index (χ1v) is 7.81. The molecule has 3 nitrogen and oxygen atoms in total. The molecule has 0 aromatic heterocycles. The van der Waals surface area contributed by atoms with Crippen molar-refractivity contribution in [3.05, 3.63) is 71.8 Å². The molecule has 0 aliphatic carbocycles. The van der Waals surface area contributed by atoms with E-state index in [0.29, 0.717) is 12.5 Å². The molecule has 0 heterocycles. The summed E-state index contributed by atoms with van der Waals surface area (Å²) in [4.78, 5) is 12.2. The Balaban J connectivity index is 2.08. The molecule has 0 spiro atoms. The zero-order chi connectivity index (χ0) is 15.8. The van der Waals surface area contributed by atoms with E-state index in [1.807, 2.05) is 60.7 Å². The number of benzene rings is 2. The Kier molecular flexibility index (Phi) is 6.01. The number of amides is 2. The lowest BCUT2D eigenvalue weighted by molar-refractivity contribution is 0.238. The van der Waals surface area contributed by atoms with Crippen molar-refractivity contribution in [3.63, 3.8) is 0 Å². The highest BCUT2D eigenvalue weighted by molar-refractivity contribution is 5.75. The summed E-state index contributed by atoms with van der Waals surface area (Å²) in [5.41, 5.74) is 2.15. The highest BCUT2D eigenvalue weighted by atomic mass is 16.2. The van der Waals surface area contributed by atoms with E-state index in [4.69, 9.17) is 0 Å². The van der Waals surface area contributed by atoms with Crippen molar-refractivity contribution >= 4 is 6.03 Å². The fraction of sp³-hybridized carbons (Fsp3) is 0.316. The minimum Gasteiger partial charge on any atom is -0.338 e. The van der Waals surface area contributed by atoms with Gasteiger partial charge < -0.3 is 10.6 Å². The molecule has 2 aromatic carbocycles. The van der Waals surface area contributed by atoms with E-state index in [2.05, 4.69) is 24.5 Å².